The summed E-state index contributed by atoms with van der Waals surface area (Å²) in [4.78, 5) is 5.20. The summed E-state index contributed by atoms with van der Waals surface area (Å²) in [5.74, 6) is 9.77. The molecular weight excluding hydrogens is 785 g/mol. The molecule has 0 N–H and O–H groups in total. The van der Waals surface area contributed by atoms with Crippen molar-refractivity contribution in [3.8, 4) is 0 Å². The lowest BCUT2D eigenvalue weighted by atomic mass is 9.85. The summed E-state index contributed by atoms with van der Waals surface area (Å²) in [6, 6.07) is 0. The van der Waals surface area contributed by atoms with E-state index in [9.17, 15) is 0 Å². The van der Waals surface area contributed by atoms with E-state index in [4.69, 9.17) is 0 Å². The van der Waals surface area contributed by atoms with Crippen molar-refractivity contribution in [2.45, 2.75) is 309 Å². The van der Waals surface area contributed by atoms with Crippen LogP contribution in [0.25, 0.3) is 0 Å². The fourth-order valence-electron chi connectivity index (χ4n) is 11.1. The van der Waals surface area contributed by atoms with E-state index < -0.39 is 0 Å². The van der Waals surface area contributed by atoms with Gasteiger partial charge in [-0.1, -0.05) is 270 Å². The van der Waals surface area contributed by atoms with E-state index in [2.05, 4.69) is 92.9 Å². The number of hydrogen-bond donors (Lipinski definition) is 0. The van der Waals surface area contributed by atoms with Crippen molar-refractivity contribution >= 4 is 0 Å². The fourth-order valence-corrected chi connectivity index (χ4v) is 11.1. The van der Waals surface area contributed by atoms with Gasteiger partial charge in [0.25, 0.3) is 0 Å². The van der Waals surface area contributed by atoms with Crippen LogP contribution in [0.3, 0.4) is 0 Å². The molecule has 0 atom stereocenters. The third-order valence-corrected chi connectivity index (χ3v) is 16.0. The average Bonchev–Trinajstić information content (AvgIpc) is 4.03. The molecule has 6 aliphatic rings. The minimum Gasteiger partial charge on any atom is -0.303 e. The number of piperidine rings is 1. The van der Waals surface area contributed by atoms with Gasteiger partial charge in [-0.05, 0) is 137 Å². The smallest absolute Gasteiger partial charge is 0.00163 e. The number of rotatable bonds is 18. The van der Waals surface area contributed by atoms with E-state index >= 15 is 0 Å². The third kappa shape index (κ3) is 42.5. The maximum Gasteiger partial charge on any atom is -0.00163 e. The van der Waals surface area contributed by atoms with Gasteiger partial charge >= 0.3 is 0 Å². The van der Waals surface area contributed by atoms with Crippen molar-refractivity contribution < 1.29 is 0 Å². The van der Waals surface area contributed by atoms with Gasteiger partial charge in [-0.15, -0.1) is 0 Å². The van der Waals surface area contributed by atoms with E-state index in [1.807, 2.05) is 0 Å². The Hall–Kier alpha value is -0.0800. The van der Waals surface area contributed by atoms with Crippen molar-refractivity contribution in [3.05, 3.63) is 0 Å². The SMILES string of the molecule is C.CC(C)CCC1CCCC1.CC(C)CCC1CCCCC1.CC(C)CCC1CCCCC1.CC(C)CCC1CCCCC1.CC(C)CCN1CCCC1.CC(C)CCN1CCCCC1. The molecule has 0 aromatic heterocycles. The van der Waals surface area contributed by atoms with Gasteiger partial charge in [0, 0.05) is 0 Å². The molecule has 6 rings (SSSR count). The summed E-state index contributed by atoms with van der Waals surface area (Å²) >= 11 is 0. The van der Waals surface area contributed by atoms with Gasteiger partial charge in [0.2, 0.25) is 0 Å². The predicted molar refractivity (Wildman–Crippen MR) is 300 cm³/mol. The Morgan fingerprint density at radius 3 is 0.662 bits per heavy atom. The molecule has 65 heavy (non-hydrogen) atoms. The molecule has 2 saturated heterocycles. The molecule has 0 radical (unpaired) electrons. The van der Waals surface area contributed by atoms with Crippen molar-refractivity contribution in [1.29, 1.82) is 0 Å². The maximum atomic E-state index is 2.61. The molecule has 0 aromatic carbocycles. The van der Waals surface area contributed by atoms with E-state index in [-0.39, 0.29) is 7.43 Å². The van der Waals surface area contributed by atoms with E-state index in [0.29, 0.717) is 0 Å². The van der Waals surface area contributed by atoms with Gasteiger partial charge in [0.1, 0.15) is 0 Å². The fraction of sp³-hybridized carbons (Fsp3) is 1.00. The standard InChI is InChI=1S/3C11H22.C10H21N.C10H20.C9H19N.CH4/c3*1-10(2)8-9-11-6-4-3-5-7-11;1-10(2)6-9-11-7-4-3-5-8-11;1-9(2)7-8-10-5-3-4-6-10;1-9(2)5-8-10-6-3-4-7-10;/h3*10-11H,3-9H2,1-2H3;10H,3-9H2,1-2H3;9-10H,3-8H2,1-2H3;9H,3-8H2,1-2H3;1H4. The molecule has 2 heterocycles. The zero-order valence-electron chi connectivity index (χ0n) is 47.0. The Kier molecular flexibility index (Phi) is 43.8. The highest BCUT2D eigenvalue weighted by Crippen LogP contribution is 2.31. The summed E-state index contributed by atoms with van der Waals surface area (Å²) in [6.45, 7) is 36.0. The lowest BCUT2D eigenvalue weighted by Gasteiger charge is -2.26. The molecule has 2 nitrogen and oxygen atoms in total. The van der Waals surface area contributed by atoms with Crippen molar-refractivity contribution in [2.24, 2.45) is 59.2 Å². The highest BCUT2D eigenvalue weighted by Gasteiger charge is 2.17. The molecule has 0 amide bonds. The first kappa shape index (κ1) is 64.9. The highest BCUT2D eigenvalue weighted by atomic mass is 15.1. The van der Waals surface area contributed by atoms with Gasteiger partial charge in [-0.3, -0.25) is 0 Å². The average molecular weight is 916 g/mol. The molecule has 2 heteroatoms. The molecule has 392 valence electrons. The normalized spacial score (nSPS) is 20.6. The first-order valence-electron chi connectivity index (χ1n) is 30.2. The zero-order chi connectivity index (χ0) is 47.2. The highest BCUT2D eigenvalue weighted by molar-refractivity contribution is 4.70. The molecule has 0 spiro atoms. The van der Waals surface area contributed by atoms with Crippen LogP contribution in [-0.4, -0.2) is 49.1 Å². The topological polar surface area (TPSA) is 6.48 Å². The van der Waals surface area contributed by atoms with Crippen LogP contribution in [0.1, 0.15) is 309 Å². The van der Waals surface area contributed by atoms with Crippen LogP contribution in [0.15, 0.2) is 0 Å². The van der Waals surface area contributed by atoms with Crippen LogP contribution in [0, 0.1) is 59.2 Å². The summed E-state index contributed by atoms with van der Waals surface area (Å²) in [5.41, 5.74) is 0. The number of hydrogen-bond acceptors (Lipinski definition) is 2. The first-order chi connectivity index (χ1) is 30.7. The van der Waals surface area contributed by atoms with Gasteiger partial charge in [-0.2, -0.15) is 0 Å². The minimum atomic E-state index is 0. The predicted octanol–water partition coefficient (Wildman–Crippen LogP) is 20.9. The lowest BCUT2D eigenvalue weighted by molar-refractivity contribution is 0.217. The Morgan fingerprint density at radius 2 is 0.446 bits per heavy atom. The molecule has 4 aliphatic carbocycles. The second kappa shape index (κ2) is 43.9. The Morgan fingerprint density at radius 1 is 0.262 bits per heavy atom. The molecule has 0 unspecified atom stereocenters. The summed E-state index contributed by atoms with van der Waals surface area (Å²) in [5, 5.41) is 0. The summed E-state index contributed by atoms with van der Waals surface area (Å²) < 4.78 is 0. The molecule has 4 saturated carbocycles. The molecular formula is C63H130N2. The van der Waals surface area contributed by atoms with Crippen LogP contribution < -0.4 is 0 Å². The van der Waals surface area contributed by atoms with Gasteiger partial charge < -0.3 is 9.80 Å². The third-order valence-electron chi connectivity index (χ3n) is 16.0. The van der Waals surface area contributed by atoms with E-state index in [1.165, 1.54) is 258 Å². The Balaban J connectivity index is 0.000000754. The maximum absolute atomic E-state index is 2.61. The second-order valence-electron chi connectivity index (χ2n) is 25.4. The Bertz CT molecular complexity index is 787. The van der Waals surface area contributed by atoms with Crippen molar-refractivity contribution in [1.82, 2.24) is 9.80 Å². The Labute approximate surface area is 415 Å². The summed E-state index contributed by atoms with van der Waals surface area (Å²) in [7, 11) is 0. The van der Waals surface area contributed by atoms with Crippen LogP contribution in [0.5, 0.6) is 0 Å². The van der Waals surface area contributed by atoms with Crippen molar-refractivity contribution in [3.63, 3.8) is 0 Å². The monoisotopic (exact) mass is 915 g/mol. The van der Waals surface area contributed by atoms with Crippen LogP contribution in [-0.2, 0) is 0 Å². The van der Waals surface area contributed by atoms with E-state index in [1.54, 1.807) is 0 Å². The summed E-state index contributed by atoms with van der Waals surface area (Å²) in [6.07, 6.45) is 50.4. The number of nitrogens with zero attached hydrogens (tertiary/aromatic N) is 2. The molecule has 0 aromatic rings. The van der Waals surface area contributed by atoms with Crippen LogP contribution in [0.4, 0.5) is 0 Å². The molecule has 0 bridgehead atoms. The lowest BCUT2D eigenvalue weighted by Crippen LogP contribution is -2.31. The largest absolute Gasteiger partial charge is 0.303 e. The van der Waals surface area contributed by atoms with Gasteiger partial charge in [0.15, 0.2) is 0 Å². The number of likely N-dealkylation sites (tertiary alicyclic amines) is 2. The minimum absolute atomic E-state index is 0. The van der Waals surface area contributed by atoms with Crippen LogP contribution >= 0.6 is 0 Å². The van der Waals surface area contributed by atoms with Crippen LogP contribution in [0.2, 0.25) is 0 Å². The molecule has 2 aliphatic heterocycles. The zero-order valence-corrected chi connectivity index (χ0v) is 47.0. The van der Waals surface area contributed by atoms with Gasteiger partial charge in [0.05, 0.1) is 0 Å². The van der Waals surface area contributed by atoms with E-state index in [0.717, 1.165) is 59.2 Å². The quantitative estimate of drug-likeness (QED) is 0.135. The van der Waals surface area contributed by atoms with Gasteiger partial charge in [-0.25, -0.2) is 0 Å². The first-order valence-corrected chi connectivity index (χ1v) is 30.2. The second-order valence-corrected chi connectivity index (χ2v) is 25.4. The van der Waals surface area contributed by atoms with Crippen molar-refractivity contribution in [2.75, 3.05) is 39.3 Å². The molecule has 6 fully saturated rings.